The molecule has 2 N–H and O–H groups in total. The number of methoxy groups -OCH3 is 1. The van der Waals surface area contributed by atoms with Gasteiger partial charge >= 0.3 is 0 Å². The Balaban J connectivity index is 1.67. The van der Waals surface area contributed by atoms with E-state index in [0.29, 0.717) is 38.7 Å². The summed E-state index contributed by atoms with van der Waals surface area (Å²) in [4.78, 5) is 40.3. The number of amides is 2. The van der Waals surface area contributed by atoms with Gasteiger partial charge in [-0.15, -0.1) is 0 Å². The zero-order valence-electron chi connectivity index (χ0n) is 18.6. The average Bonchev–Trinajstić information content (AvgIpc) is 3.27. The number of halogens is 2. The van der Waals surface area contributed by atoms with E-state index in [9.17, 15) is 28.3 Å². The van der Waals surface area contributed by atoms with E-state index in [1.165, 1.54) is 16.8 Å². The minimum absolute atomic E-state index is 0.0274. The monoisotopic (exact) mass is 477 g/mol. The van der Waals surface area contributed by atoms with Gasteiger partial charge in [0.15, 0.2) is 11.4 Å². The number of carbonyl (C=O) groups is 2. The molecule has 2 aliphatic rings. The summed E-state index contributed by atoms with van der Waals surface area (Å²) in [5, 5.41) is 13.1. The lowest BCUT2D eigenvalue weighted by Crippen LogP contribution is -2.55. The van der Waals surface area contributed by atoms with Crippen LogP contribution in [-0.2, 0) is 21.6 Å². The summed E-state index contributed by atoms with van der Waals surface area (Å²) >= 11 is 0. The highest BCUT2D eigenvalue weighted by atomic mass is 19.1. The van der Waals surface area contributed by atoms with Crippen molar-refractivity contribution < 1.29 is 33.0 Å². The molecule has 1 saturated heterocycles. The SMILES string of the molecule is COCCCN1CC2(CCOC2)n2cc(C(=O)NCc3ccc(F)cc3F)c(=O)c(O)c2C1=O. The molecule has 0 saturated carbocycles. The van der Waals surface area contributed by atoms with Gasteiger partial charge in [-0.1, -0.05) is 6.07 Å². The molecule has 1 unspecified atom stereocenters. The summed E-state index contributed by atoms with van der Waals surface area (Å²) < 4.78 is 39.1. The van der Waals surface area contributed by atoms with Crippen LogP contribution in [0.2, 0.25) is 0 Å². The maximum atomic E-state index is 13.9. The molecule has 9 nitrogen and oxygen atoms in total. The Hall–Kier alpha value is -3.31. The third-order valence-electron chi connectivity index (χ3n) is 6.23. The predicted octanol–water partition coefficient (Wildman–Crippen LogP) is 1.37. The van der Waals surface area contributed by atoms with Crippen LogP contribution in [0.5, 0.6) is 5.75 Å². The number of nitrogens with one attached hydrogen (secondary N) is 1. The van der Waals surface area contributed by atoms with Gasteiger partial charge in [0.2, 0.25) is 5.43 Å². The van der Waals surface area contributed by atoms with Crippen molar-refractivity contribution in [1.29, 1.82) is 0 Å². The molecule has 34 heavy (non-hydrogen) atoms. The molecule has 1 aromatic heterocycles. The Morgan fingerprint density at radius 2 is 2.12 bits per heavy atom. The minimum atomic E-state index is -1.01. The molecular weight excluding hydrogens is 452 g/mol. The number of fused-ring (bicyclic) bond motifs is 2. The van der Waals surface area contributed by atoms with Gasteiger partial charge in [-0.25, -0.2) is 8.78 Å². The molecule has 11 heteroatoms. The van der Waals surface area contributed by atoms with E-state index < -0.39 is 45.7 Å². The summed E-state index contributed by atoms with van der Waals surface area (Å²) in [6, 6.07) is 2.93. The first-order valence-electron chi connectivity index (χ1n) is 10.8. The number of aromatic hydroxyl groups is 1. The average molecular weight is 477 g/mol. The molecule has 182 valence electrons. The van der Waals surface area contributed by atoms with Crippen molar-refractivity contribution in [2.45, 2.75) is 24.9 Å². The number of aromatic nitrogens is 1. The van der Waals surface area contributed by atoms with E-state index in [2.05, 4.69) is 5.32 Å². The third-order valence-corrected chi connectivity index (χ3v) is 6.23. The van der Waals surface area contributed by atoms with Gasteiger partial charge in [-0.2, -0.15) is 0 Å². The van der Waals surface area contributed by atoms with Crippen LogP contribution in [0.4, 0.5) is 8.78 Å². The minimum Gasteiger partial charge on any atom is -0.503 e. The molecule has 1 aromatic carbocycles. The van der Waals surface area contributed by atoms with Gasteiger partial charge < -0.3 is 29.4 Å². The van der Waals surface area contributed by atoms with Crippen molar-refractivity contribution in [2.24, 2.45) is 0 Å². The molecule has 1 atom stereocenters. The maximum absolute atomic E-state index is 13.9. The summed E-state index contributed by atoms with van der Waals surface area (Å²) in [6.07, 6.45) is 2.34. The number of ether oxygens (including phenoxy) is 2. The van der Waals surface area contributed by atoms with Crippen molar-refractivity contribution >= 4 is 11.8 Å². The molecular formula is C23H25F2N3O6. The number of hydrogen-bond donors (Lipinski definition) is 2. The summed E-state index contributed by atoms with van der Waals surface area (Å²) in [5.41, 5.74) is -2.32. The summed E-state index contributed by atoms with van der Waals surface area (Å²) in [5.74, 6) is -3.80. The van der Waals surface area contributed by atoms with Crippen LogP contribution < -0.4 is 10.7 Å². The number of rotatable bonds is 7. The van der Waals surface area contributed by atoms with E-state index in [1.807, 2.05) is 0 Å². The molecule has 2 aromatic rings. The second-order valence-corrected chi connectivity index (χ2v) is 8.46. The van der Waals surface area contributed by atoms with Gasteiger partial charge in [0.25, 0.3) is 11.8 Å². The molecule has 0 radical (unpaired) electrons. The van der Waals surface area contributed by atoms with E-state index in [0.717, 1.165) is 6.07 Å². The first-order chi connectivity index (χ1) is 16.3. The molecule has 0 bridgehead atoms. The lowest BCUT2D eigenvalue weighted by molar-refractivity contribution is 0.0474. The number of benzene rings is 1. The first-order valence-corrected chi connectivity index (χ1v) is 10.8. The van der Waals surface area contributed by atoms with Crippen molar-refractivity contribution in [3.8, 4) is 5.75 Å². The number of pyridine rings is 1. The van der Waals surface area contributed by atoms with Gasteiger partial charge in [0, 0.05) is 57.8 Å². The molecule has 3 heterocycles. The van der Waals surface area contributed by atoms with Crippen LogP contribution in [0.25, 0.3) is 0 Å². The van der Waals surface area contributed by atoms with E-state index >= 15 is 0 Å². The molecule has 2 aliphatic heterocycles. The van der Waals surface area contributed by atoms with Crippen LogP contribution >= 0.6 is 0 Å². The molecule has 1 spiro atoms. The van der Waals surface area contributed by atoms with E-state index in [-0.39, 0.29) is 31.0 Å². The predicted molar refractivity (Wildman–Crippen MR) is 116 cm³/mol. The van der Waals surface area contributed by atoms with Gasteiger partial charge in [0.1, 0.15) is 17.2 Å². The van der Waals surface area contributed by atoms with E-state index in [1.54, 1.807) is 12.0 Å². The molecule has 4 rings (SSSR count). The molecule has 1 fully saturated rings. The summed E-state index contributed by atoms with van der Waals surface area (Å²) in [6.45, 7) is 1.45. The van der Waals surface area contributed by atoms with Gasteiger partial charge in [0.05, 0.1) is 12.1 Å². The number of nitrogens with zero attached hydrogens (tertiary/aromatic N) is 2. The number of hydrogen-bond acceptors (Lipinski definition) is 6. The number of carbonyl (C=O) groups excluding carboxylic acids is 2. The first kappa shape index (κ1) is 23.8. The zero-order valence-corrected chi connectivity index (χ0v) is 18.6. The third kappa shape index (κ3) is 4.28. The highest BCUT2D eigenvalue weighted by molar-refractivity contribution is 5.99. The van der Waals surface area contributed by atoms with Crippen molar-refractivity contribution in [3.05, 3.63) is 63.1 Å². The van der Waals surface area contributed by atoms with Gasteiger partial charge in [-0.3, -0.25) is 14.4 Å². The second-order valence-electron chi connectivity index (χ2n) is 8.46. The van der Waals surface area contributed by atoms with Crippen molar-refractivity contribution in [1.82, 2.24) is 14.8 Å². The van der Waals surface area contributed by atoms with Gasteiger partial charge in [-0.05, 0) is 18.9 Å². The highest BCUT2D eigenvalue weighted by Gasteiger charge is 2.47. The van der Waals surface area contributed by atoms with Crippen molar-refractivity contribution in [3.63, 3.8) is 0 Å². The molecule has 2 amide bonds. The second kappa shape index (κ2) is 9.51. The smallest absolute Gasteiger partial charge is 0.274 e. The largest absolute Gasteiger partial charge is 0.503 e. The maximum Gasteiger partial charge on any atom is 0.274 e. The normalized spacial score (nSPS) is 19.5. The van der Waals surface area contributed by atoms with Crippen LogP contribution in [0.15, 0.2) is 29.2 Å². The van der Waals surface area contributed by atoms with Crippen LogP contribution in [-0.4, -0.2) is 66.4 Å². The standard InChI is InChI=1S/C23H25F2N3O6/c1-33-7-2-6-27-12-23(5-8-34-13-23)28-11-16(19(29)20(30)18(28)22(27)32)21(31)26-10-14-3-4-15(24)9-17(14)25/h3-4,9,11,30H,2,5-8,10,12-13H2,1H3,(H,26,31). The summed E-state index contributed by atoms with van der Waals surface area (Å²) in [7, 11) is 1.56. The van der Waals surface area contributed by atoms with Crippen LogP contribution in [0, 0.1) is 11.6 Å². The fourth-order valence-electron chi connectivity index (χ4n) is 4.42. The Labute approximate surface area is 193 Å². The lowest BCUT2D eigenvalue weighted by Gasteiger charge is -2.42. The lowest BCUT2D eigenvalue weighted by atomic mass is 9.92. The Bertz CT molecular complexity index is 1180. The Morgan fingerprint density at radius 3 is 2.79 bits per heavy atom. The fraction of sp³-hybridized carbons (Fsp3) is 0.435. The van der Waals surface area contributed by atoms with E-state index in [4.69, 9.17) is 9.47 Å². The molecule has 0 aliphatic carbocycles. The van der Waals surface area contributed by atoms with Crippen LogP contribution in [0.1, 0.15) is 39.3 Å². The quantitative estimate of drug-likeness (QED) is 0.583. The van der Waals surface area contributed by atoms with Crippen LogP contribution in [0.3, 0.4) is 0 Å². The zero-order chi connectivity index (χ0) is 24.5. The Morgan fingerprint density at radius 1 is 1.32 bits per heavy atom. The Kier molecular flexibility index (Phi) is 6.67. The highest BCUT2D eigenvalue weighted by Crippen LogP contribution is 2.36. The van der Waals surface area contributed by atoms with Crippen molar-refractivity contribution in [2.75, 3.05) is 40.0 Å². The topological polar surface area (TPSA) is 110 Å². The fourth-order valence-corrected chi connectivity index (χ4v) is 4.42.